The molecule has 0 amide bonds. The molecule has 1 aromatic heterocycles. The summed E-state index contributed by atoms with van der Waals surface area (Å²) in [6.07, 6.45) is 1.80. The summed E-state index contributed by atoms with van der Waals surface area (Å²) in [6, 6.07) is 15.1. The van der Waals surface area contributed by atoms with E-state index >= 15 is 0 Å². The third-order valence-corrected chi connectivity index (χ3v) is 3.82. The molecule has 0 saturated heterocycles. The fourth-order valence-electron chi connectivity index (χ4n) is 2.24. The maximum atomic E-state index is 5.90. The van der Waals surface area contributed by atoms with E-state index in [-0.39, 0.29) is 6.10 Å². The van der Waals surface area contributed by atoms with Gasteiger partial charge in [0.25, 0.3) is 0 Å². The zero-order chi connectivity index (χ0) is 17.8. The minimum atomic E-state index is 0.0963. The highest BCUT2D eigenvalue weighted by molar-refractivity contribution is 7.71. The van der Waals surface area contributed by atoms with Crippen molar-refractivity contribution in [1.29, 1.82) is 0 Å². The average Bonchev–Trinajstić information content (AvgIpc) is 2.95. The van der Waals surface area contributed by atoms with E-state index in [1.54, 1.807) is 10.9 Å². The maximum absolute atomic E-state index is 5.90. The Kier molecular flexibility index (Phi) is 5.31. The fraction of sp³-hybridized carbons (Fsp3) is 0.167. The van der Waals surface area contributed by atoms with E-state index in [0.717, 1.165) is 16.9 Å². The van der Waals surface area contributed by atoms with Crippen molar-refractivity contribution in [2.24, 2.45) is 5.10 Å². The van der Waals surface area contributed by atoms with Crippen molar-refractivity contribution in [3.63, 3.8) is 0 Å². The van der Waals surface area contributed by atoms with E-state index in [1.807, 2.05) is 62.4 Å². The Balaban J connectivity index is 1.94. The Morgan fingerprint density at radius 1 is 1.24 bits per heavy atom. The van der Waals surface area contributed by atoms with Crippen molar-refractivity contribution >= 4 is 30.0 Å². The van der Waals surface area contributed by atoms with E-state index in [0.29, 0.717) is 15.6 Å². The predicted molar refractivity (Wildman–Crippen MR) is 103 cm³/mol. The first-order valence-corrected chi connectivity index (χ1v) is 8.56. The van der Waals surface area contributed by atoms with Crippen LogP contribution in [0, 0.1) is 4.77 Å². The first kappa shape index (κ1) is 17.4. The number of H-pyrrole nitrogens is 1. The van der Waals surface area contributed by atoms with Crippen LogP contribution < -0.4 is 4.74 Å². The summed E-state index contributed by atoms with van der Waals surface area (Å²) in [5.74, 6) is 1.39. The van der Waals surface area contributed by atoms with Gasteiger partial charge in [-0.1, -0.05) is 35.9 Å². The van der Waals surface area contributed by atoms with Crippen LogP contribution in [0.1, 0.15) is 19.4 Å². The van der Waals surface area contributed by atoms with Gasteiger partial charge in [0.15, 0.2) is 5.82 Å². The van der Waals surface area contributed by atoms with E-state index in [1.165, 1.54) is 0 Å². The van der Waals surface area contributed by atoms with E-state index in [4.69, 9.17) is 28.6 Å². The van der Waals surface area contributed by atoms with Crippen LogP contribution in [0.4, 0.5) is 0 Å². The van der Waals surface area contributed by atoms with Gasteiger partial charge in [-0.15, -0.1) is 0 Å². The van der Waals surface area contributed by atoms with Crippen molar-refractivity contribution in [2.45, 2.75) is 20.0 Å². The molecule has 1 N–H and O–H groups in total. The van der Waals surface area contributed by atoms with Gasteiger partial charge in [0, 0.05) is 10.6 Å². The summed E-state index contributed by atoms with van der Waals surface area (Å²) in [6.45, 7) is 3.97. The minimum absolute atomic E-state index is 0.0963. The molecule has 0 saturated carbocycles. The maximum Gasteiger partial charge on any atom is 0.216 e. The van der Waals surface area contributed by atoms with Crippen LogP contribution >= 0.6 is 23.8 Å². The van der Waals surface area contributed by atoms with Crippen LogP contribution in [0.15, 0.2) is 53.6 Å². The monoisotopic (exact) mass is 372 g/mol. The summed E-state index contributed by atoms with van der Waals surface area (Å²) in [4.78, 5) is 0. The third-order valence-electron chi connectivity index (χ3n) is 3.31. The molecule has 0 fully saturated rings. The first-order chi connectivity index (χ1) is 12.0. The van der Waals surface area contributed by atoms with Crippen LogP contribution in [-0.4, -0.2) is 27.2 Å². The molecule has 0 atom stereocenters. The molecule has 0 aliphatic carbocycles. The highest BCUT2D eigenvalue weighted by Crippen LogP contribution is 2.23. The van der Waals surface area contributed by atoms with Crippen LogP contribution in [0.5, 0.6) is 5.75 Å². The Hall–Kier alpha value is -2.44. The Bertz CT molecular complexity index is 944. The number of halogens is 1. The number of benzene rings is 2. The van der Waals surface area contributed by atoms with Crippen molar-refractivity contribution < 1.29 is 4.74 Å². The standard InChI is InChI=1S/C18H17ClN4OS/c1-12(2)24-16-5-3-4-14(10-16)17-21-22-18(25)23(17)20-11-13-6-8-15(19)9-7-13/h3-12H,1-2H3,(H,22,25). The van der Waals surface area contributed by atoms with Gasteiger partial charge in [0.05, 0.1) is 12.3 Å². The molecule has 3 rings (SSSR count). The SMILES string of the molecule is CC(C)Oc1cccc(-c2n[nH]c(=S)n2N=Cc2ccc(Cl)cc2)c1. The van der Waals surface area contributed by atoms with Gasteiger partial charge < -0.3 is 4.74 Å². The number of hydrogen-bond donors (Lipinski definition) is 1. The number of hydrogen-bond acceptors (Lipinski definition) is 4. The smallest absolute Gasteiger partial charge is 0.216 e. The Labute approximate surface area is 155 Å². The molecule has 2 aromatic carbocycles. The molecular weight excluding hydrogens is 356 g/mol. The zero-order valence-electron chi connectivity index (χ0n) is 13.8. The average molecular weight is 373 g/mol. The van der Waals surface area contributed by atoms with E-state index in [9.17, 15) is 0 Å². The van der Waals surface area contributed by atoms with E-state index < -0.39 is 0 Å². The lowest BCUT2D eigenvalue weighted by atomic mass is 10.2. The van der Waals surface area contributed by atoms with Gasteiger partial charge in [-0.3, -0.25) is 0 Å². The van der Waals surface area contributed by atoms with Gasteiger partial charge in [0.1, 0.15) is 5.75 Å². The molecule has 1 heterocycles. The molecule has 0 bridgehead atoms. The minimum Gasteiger partial charge on any atom is -0.491 e. The van der Waals surface area contributed by atoms with E-state index in [2.05, 4.69) is 15.3 Å². The number of aromatic nitrogens is 3. The van der Waals surface area contributed by atoms with Gasteiger partial charge >= 0.3 is 0 Å². The van der Waals surface area contributed by atoms with Crippen LogP contribution in [0.25, 0.3) is 11.4 Å². The first-order valence-electron chi connectivity index (χ1n) is 7.77. The third kappa shape index (κ3) is 4.35. The van der Waals surface area contributed by atoms with Gasteiger partial charge in [-0.05, 0) is 55.9 Å². The molecule has 0 aliphatic heterocycles. The topological polar surface area (TPSA) is 55.2 Å². The number of ether oxygens (including phenoxy) is 1. The van der Waals surface area contributed by atoms with Crippen molar-refractivity contribution in [1.82, 2.24) is 14.9 Å². The molecule has 0 unspecified atom stereocenters. The Morgan fingerprint density at radius 2 is 2.00 bits per heavy atom. The second kappa shape index (κ2) is 7.63. The Morgan fingerprint density at radius 3 is 2.72 bits per heavy atom. The lowest BCUT2D eigenvalue weighted by Gasteiger charge is -2.10. The van der Waals surface area contributed by atoms with Crippen LogP contribution in [0.2, 0.25) is 5.02 Å². The number of nitrogens with one attached hydrogen (secondary N) is 1. The molecule has 5 nitrogen and oxygen atoms in total. The zero-order valence-corrected chi connectivity index (χ0v) is 15.4. The van der Waals surface area contributed by atoms with Crippen molar-refractivity contribution in [3.05, 3.63) is 63.9 Å². The second-order valence-electron chi connectivity index (χ2n) is 5.65. The molecule has 3 aromatic rings. The van der Waals surface area contributed by atoms with Gasteiger partial charge in [0.2, 0.25) is 4.77 Å². The molecule has 128 valence electrons. The molecular formula is C18H17ClN4OS. The van der Waals surface area contributed by atoms with Crippen LogP contribution in [-0.2, 0) is 0 Å². The lowest BCUT2D eigenvalue weighted by molar-refractivity contribution is 0.242. The molecule has 25 heavy (non-hydrogen) atoms. The predicted octanol–water partition coefficient (Wildman–Crippen LogP) is 4.93. The number of nitrogens with zero attached hydrogens (tertiary/aromatic N) is 3. The quantitative estimate of drug-likeness (QED) is 0.510. The number of rotatable bonds is 5. The van der Waals surface area contributed by atoms with Crippen molar-refractivity contribution in [2.75, 3.05) is 0 Å². The summed E-state index contributed by atoms with van der Waals surface area (Å²) in [7, 11) is 0. The highest BCUT2D eigenvalue weighted by Gasteiger charge is 2.09. The summed E-state index contributed by atoms with van der Waals surface area (Å²) >= 11 is 11.2. The summed E-state index contributed by atoms with van der Waals surface area (Å²) < 4.78 is 7.73. The molecule has 0 radical (unpaired) electrons. The fourth-order valence-corrected chi connectivity index (χ4v) is 2.54. The largest absolute Gasteiger partial charge is 0.491 e. The molecule has 7 heteroatoms. The second-order valence-corrected chi connectivity index (χ2v) is 6.48. The summed E-state index contributed by atoms with van der Waals surface area (Å²) in [5.41, 5.74) is 1.77. The molecule has 0 aliphatic rings. The molecule has 0 spiro atoms. The number of aromatic amines is 1. The van der Waals surface area contributed by atoms with Gasteiger partial charge in [-0.2, -0.15) is 14.9 Å². The normalized spacial score (nSPS) is 11.4. The highest BCUT2D eigenvalue weighted by atomic mass is 35.5. The lowest BCUT2D eigenvalue weighted by Crippen LogP contribution is -2.05. The van der Waals surface area contributed by atoms with Crippen LogP contribution in [0.3, 0.4) is 0 Å². The van der Waals surface area contributed by atoms with Crippen molar-refractivity contribution in [3.8, 4) is 17.1 Å². The van der Waals surface area contributed by atoms with Gasteiger partial charge in [-0.25, -0.2) is 5.10 Å². The summed E-state index contributed by atoms with van der Waals surface area (Å²) in [5, 5.41) is 12.2.